The zero-order valence-electron chi connectivity index (χ0n) is 12.6. The highest BCUT2D eigenvalue weighted by atomic mass is 79.9. The summed E-state index contributed by atoms with van der Waals surface area (Å²) in [6.07, 6.45) is -0.436. The molecule has 0 bridgehead atoms. The van der Waals surface area contributed by atoms with Crippen molar-refractivity contribution in [2.75, 3.05) is 33.6 Å². The Labute approximate surface area is 146 Å². The first-order valence-corrected chi connectivity index (χ1v) is 8.91. The van der Waals surface area contributed by atoms with Crippen molar-refractivity contribution in [2.24, 2.45) is 4.99 Å². The van der Waals surface area contributed by atoms with Crippen LogP contribution in [0.4, 0.5) is 0 Å². The minimum Gasteiger partial charge on any atom is -0.346 e. The maximum Gasteiger partial charge on any atom is 0.251 e. The minimum atomic E-state index is -0.702. The zero-order valence-corrected chi connectivity index (χ0v) is 15.0. The summed E-state index contributed by atoms with van der Waals surface area (Å²) in [7, 11) is 1.94. The molecule has 2 saturated heterocycles. The van der Waals surface area contributed by atoms with Gasteiger partial charge < -0.3 is 9.47 Å². The van der Waals surface area contributed by atoms with Crippen LogP contribution in [0.15, 0.2) is 33.7 Å². The number of thioether (sulfide) groups is 1. The summed E-state index contributed by atoms with van der Waals surface area (Å²) in [5, 5.41) is 0.779. The van der Waals surface area contributed by atoms with Crippen LogP contribution in [0.2, 0.25) is 0 Å². The second-order valence-corrected chi connectivity index (χ2v) is 8.18. The van der Waals surface area contributed by atoms with Crippen molar-refractivity contribution >= 4 is 38.8 Å². The van der Waals surface area contributed by atoms with E-state index >= 15 is 0 Å². The monoisotopic (exact) mass is 397 g/mol. The SMILES string of the molecule is CN1CN=C2SC3(COC(c4cccc(Br)c4)OC3)C(=O)N2C1. The number of ether oxygens (including phenoxy) is 2. The second kappa shape index (κ2) is 5.86. The summed E-state index contributed by atoms with van der Waals surface area (Å²) in [4.78, 5) is 21.0. The molecule has 23 heavy (non-hydrogen) atoms. The van der Waals surface area contributed by atoms with Gasteiger partial charge in [0.1, 0.15) is 4.75 Å². The van der Waals surface area contributed by atoms with Crippen LogP contribution >= 0.6 is 27.7 Å². The van der Waals surface area contributed by atoms with Gasteiger partial charge in [-0.05, 0) is 19.2 Å². The average Bonchev–Trinajstić information content (AvgIpc) is 2.81. The van der Waals surface area contributed by atoms with Crippen LogP contribution in [0, 0.1) is 0 Å². The summed E-state index contributed by atoms with van der Waals surface area (Å²) in [5.74, 6) is 0.0282. The van der Waals surface area contributed by atoms with Gasteiger partial charge in [0.15, 0.2) is 11.5 Å². The van der Waals surface area contributed by atoms with Crippen molar-refractivity contribution in [3.8, 4) is 0 Å². The summed E-state index contributed by atoms with van der Waals surface area (Å²) < 4.78 is 12.0. The lowest BCUT2D eigenvalue weighted by molar-refractivity contribution is -0.199. The highest BCUT2D eigenvalue weighted by Gasteiger charge is 2.55. The van der Waals surface area contributed by atoms with E-state index in [1.165, 1.54) is 11.8 Å². The molecule has 0 saturated carbocycles. The molecule has 8 heteroatoms. The molecule has 1 aromatic carbocycles. The third-order valence-corrected chi connectivity index (χ3v) is 5.87. The fourth-order valence-corrected chi connectivity index (χ4v) is 4.45. The molecule has 0 aromatic heterocycles. The van der Waals surface area contributed by atoms with E-state index < -0.39 is 11.0 Å². The first-order chi connectivity index (χ1) is 11.1. The predicted octanol–water partition coefficient (Wildman–Crippen LogP) is 2.03. The molecule has 3 heterocycles. The Morgan fingerprint density at radius 3 is 2.91 bits per heavy atom. The molecular formula is C15H16BrN3O3S. The van der Waals surface area contributed by atoms with Crippen molar-refractivity contribution in [3.05, 3.63) is 34.3 Å². The van der Waals surface area contributed by atoms with Crippen LogP contribution in [0.5, 0.6) is 0 Å². The first kappa shape index (κ1) is 15.6. The van der Waals surface area contributed by atoms with Gasteiger partial charge >= 0.3 is 0 Å². The molecule has 6 nitrogen and oxygen atoms in total. The van der Waals surface area contributed by atoms with E-state index in [1.54, 1.807) is 4.90 Å². The van der Waals surface area contributed by atoms with E-state index in [0.29, 0.717) is 26.6 Å². The Kier molecular flexibility index (Phi) is 3.97. The summed E-state index contributed by atoms with van der Waals surface area (Å²) in [6, 6.07) is 7.82. The summed E-state index contributed by atoms with van der Waals surface area (Å²) >= 11 is 4.92. The Morgan fingerprint density at radius 1 is 1.39 bits per heavy atom. The number of rotatable bonds is 1. The van der Waals surface area contributed by atoms with E-state index in [1.807, 2.05) is 36.2 Å². The van der Waals surface area contributed by atoms with Gasteiger partial charge in [-0.2, -0.15) is 0 Å². The van der Waals surface area contributed by atoms with Gasteiger partial charge in [-0.1, -0.05) is 39.8 Å². The van der Waals surface area contributed by atoms with Crippen LogP contribution in [-0.4, -0.2) is 59.2 Å². The number of benzene rings is 1. The Bertz CT molecular complexity index is 676. The van der Waals surface area contributed by atoms with Crippen LogP contribution in [0.1, 0.15) is 11.9 Å². The molecule has 0 radical (unpaired) electrons. The highest BCUT2D eigenvalue weighted by molar-refractivity contribution is 9.10. The number of fused-ring (bicyclic) bond motifs is 1. The van der Waals surface area contributed by atoms with Gasteiger partial charge in [0, 0.05) is 10.0 Å². The Hall–Kier alpha value is -0.930. The van der Waals surface area contributed by atoms with E-state index in [2.05, 4.69) is 20.9 Å². The molecule has 1 spiro atoms. The third kappa shape index (κ3) is 2.72. The van der Waals surface area contributed by atoms with E-state index in [-0.39, 0.29) is 5.91 Å². The molecule has 3 aliphatic rings. The number of halogens is 1. The van der Waals surface area contributed by atoms with E-state index in [0.717, 1.165) is 15.2 Å². The lowest BCUT2D eigenvalue weighted by Crippen LogP contribution is -2.52. The van der Waals surface area contributed by atoms with Gasteiger partial charge in [0.05, 0.1) is 26.6 Å². The fraction of sp³-hybridized carbons (Fsp3) is 0.467. The maximum atomic E-state index is 12.8. The standard InChI is InChI=1S/C15H16BrN3O3S/c1-18-8-17-14-19(9-18)13(20)15(23-14)6-21-12(22-7-15)10-3-2-4-11(16)5-10/h2-5,12H,6-9H2,1H3. The summed E-state index contributed by atoms with van der Waals surface area (Å²) in [5.41, 5.74) is 0.944. The van der Waals surface area contributed by atoms with Crippen molar-refractivity contribution in [1.82, 2.24) is 9.80 Å². The van der Waals surface area contributed by atoms with Crippen molar-refractivity contribution in [3.63, 3.8) is 0 Å². The van der Waals surface area contributed by atoms with E-state index in [4.69, 9.17) is 9.47 Å². The van der Waals surface area contributed by atoms with Gasteiger partial charge in [-0.25, -0.2) is 4.99 Å². The number of hydrogen-bond acceptors (Lipinski definition) is 6. The van der Waals surface area contributed by atoms with Gasteiger partial charge in [-0.3, -0.25) is 14.6 Å². The molecule has 0 N–H and O–H groups in total. The lowest BCUT2D eigenvalue weighted by Gasteiger charge is -2.34. The largest absolute Gasteiger partial charge is 0.346 e. The lowest BCUT2D eigenvalue weighted by atomic mass is 10.1. The molecular weight excluding hydrogens is 382 g/mol. The van der Waals surface area contributed by atoms with Crippen molar-refractivity contribution in [2.45, 2.75) is 11.0 Å². The molecule has 1 aromatic rings. The Balaban J connectivity index is 1.50. The Morgan fingerprint density at radius 2 is 2.17 bits per heavy atom. The van der Waals surface area contributed by atoms with Crippen molar-refractivity contribution in [1.29, 1.82) is 0 Å². The number of nitrogens with zero attached hydrogens (tertiary/aromatic N) is 3. The van der Waals surface area contributed by atoms with Gasteiger partial charge in [0.2, 0.25) is 0 Å². The number of amidine groups is 1. The van der Waals surface area contributed by atoms with Gasteiger partial charge in [0.25, 0.3) is 5.91 Å². The maximum absolute atomic E-state index is 12.8. The van der Waals surface area contributed by atoms with Crippen LogP contribution < -0.4 is 0 Å². The van der Waals surface area contributed by atoms with Gasteiger partial charge in [-0.15, -0.1) is 0 Å². The molecule has 0 aliphatic carbocycles. The minimum absolute atomic E-state index is 0.0282. The average molecular weight is 398 g/mol. The summed E-state index contributed by atoms with van der Waals surface area (Å²) in [6.45, 7) is 1.84. The van der Waals surface area contributed by atoms with Crippen LogP contribution in [0.25, 0.3) is 0 Å². The fourth-order valence-electron chi connectivity index (χ4n) is 2.85. The molecule has 4 rings (SSSR count). The molecule has 3 aliphatic heterocycles. The zero-order chi connectivity index (χ0) is 16.0. The molecule has 122 valence electrons. The second-order valence-electron chi connectivity index (χ2n) is 5.92. The molecule has 0 atom stereocenters. The third-order valence-electron chi connectivity index (χ3n) is 4.04. The number of hydrogen-bond donors (Lipinski definition) is 0. The van der Waals surface area contributed by atoms with Crippen molar-refractivity contribution < 1.29 is 14.3 Å². The number of carbonyl (C=O) groups excluding carboxylic acids is 1. The quantitative estimate of drug-likeness (QED) is 0.725. The number of aliphatic imine (C=N–C) groups is 1. The number of amides is 1. The van der Waals surface area contributed by atoms with E-state index in [9.17, 15) is 4.79 Å². The number of carbonyl (C=O) groups is 1. The molecule has 0 unspecified atom stereocenters. The molecule has 2 fully saturated rings. The molecule has 1 amide bonds. The highest BCUT2D eigenvalue weighted by Crippen LogP contribution is 2.43. The normalized spacial score (nSPS) is 31.4. The first-order valence-electron chi connectivity index (χ1n) is 7.30. The van der Waals surface area contributed by atoms with Crippen LogP contribution in [0.3, 0.4) is 0 Å². The smallest absolute Gasteiger partial charge is 0.251 e. The predicted molar refractivity (Wildman–Crippen MR) is 90.9 cm³/mol. The topological polar surface area (TPSA) is 54.4 Å². The van der Waals surface area contributed by atoms with Crippen LogP contribution in [-0.2, 0) is 14.3 Å².